The Balaban J connectivity index is 2.12. The number of carbonyl (C=O) groups excluding carboxylic acids is 1. The fourth-order valence-corrected chi connectivity index (χ4v) is 2.36. The van der Waals surface area contributed by atoms with Gasteiger partial charge in [-0.3, -0.25) is 0 Å². The van der Waals surface area contributed by atoms with Crippen molar-refractivity contribution < 1.29 is 14.3 Å². The standard InChI is InChI=1S/C19H22O3/c1-4-18(17-9-7-6-8-14(17)3)22-16-12-10-15(11-13-16)19(20)21-5-2/h6-13,18H,4-5H2,1-3H3. The van der Waals surface area contributed by atoms with Crippen molar-refractivity contribution in [3.8, 4) is 5.75 Å². The fraction of sp³-hybridized carbons (Fsp3) is 0.316. The Bertz CT molecular complexity index is 617. The van der Waals surface area contributed by atoms with Gasteiger partial charge in [-0.25, -0.2) is 4.79 Å². The van der Waals surface area contributed by atoms with Gasteiger partial charge in [-0.2, -0.15) is 0 Å². The van der Waals surface area contributed by atoms with Crippen LogP contribution in [0.4, 0.5) is 0 Å². The lowest BCUT2D eigenvalue weighted by Gasteiger charge is -2.20. The molecule has 0 aromatic heterocycles. The third-order valence-corrected chi connectivity index (χ3v) is 3.55. The van der Waals surface area contributed by atoms with Gasteiger partial charge in [-0.15, -0.1) is 0 Å². The summed E-state index contributed by atoms with van der Waals surface area (Å²) >= 11 is 0. The first-order valence-corrected chi connectivity index (χ1v) is 7.65. The van der Waals surface area contributed by atoms with Crippen LogP contribution in [0.1, 0.15) is 47.9 Å². The maximum Gasteiger partial charge on any atom is 0.338 e. The molecule has 2 rings (SSSR count). The van der Waals surface area contributed by atoms with Crippen molar-refractivity contribution in [2.75, 3.05) is 6.61 Å². The third-order valence-electron chi connectivity index (χ3n) is 3.55. The molecule has 22 heavy (non-hydrogen) atoms. The molecule has 0 spiro atoms. The SMILES string of the molecule is CCOC(=O)c1ccc(OC(CC)c2ccccc2C)cc1. The van der Waals surface area contributed by atoms with Crippen molar-refractivity contribution >= 4 is 5.97 Å². The molecule has 1 unspecified atom stereocenters. The normalized spacial score (nSPS) is 11.8. The van der Waals surface area contributed by atoms with E-state index in [0.717, 1.165) is 12.2 Å². The summed E-state index contributed by atoms with van der Waals surface area (Å²) in [6, 6.07) is 15.3. The summed E-state index contributed by atoms with van der Waals surface area (Å²) < 4.78 is 11.0. The second kappa shape index (κ2) is 7.64. The van der Waals surface area contributed by atoms with E-state index in [1.807, 2.05) is 24.3 Å². The number of ether oxygens (including phenoxy) is 2. The van der Waals surface area contributed by atoms with Crippen molar-refractivity contribution in [3.05, 3.63) is 65.2 Å². The Morgan fingerprint density at radius 1 is 1.05 bits per heavy atom. The summed E-state index contributed by atoms with van der Waals surface area (Å²) in [5.41, 5.74) is 2.95. The molecule has 0 bridgehead atoms. The summed E-state index contributed by atoms with van der Waals surface area (Å²) in [4.78, 5) is 11.6. The van der Waals surface area contributed by atoms with Crippen LogP contribution in [0.3, 0.4) is 0 Å². The lowest BCUT2D eigenvalue weighted by molar-refractivity contribution is 0.0526. The number of hydrogen-bond acceptors (Lipinski definition) is 3. The largest absolute Gasteiger partial charge is 0.486 e. The molecule has 0 amide bonds. The number of rotatable bonds is 6. The minimum absolute atomic E-state index is 0.00893. The van der Waals surface area contributed by atoms with Crippen LogP contribution in [0, 0.1) is 6.92 Å². The molecule has 1 atom stereocenters. The number of hydrogen-bond donors (Lipinski definition) is 0. The van der Waals surface area contributed by atoms with E-state index in [-0.39, 0.29) is 12.1 Å². The molecular formula is C19H22O3. The van der Waals surface area contributed by atoms with Gasteiger partial charge in [0.1, 0.15) is 11.9 Å². The molecular weight excluding hydrogens is 276 g/mol. The maximum atomic E-state index is 11.6. The van der Waals surface area contributed by atoms with E-state index < -0.39 is 0 Å². The maximum absolute atomic E-state index is 11.6. The molecule has 0 N–H and O–H groups in total. The first-order chi connectivity index (χ1) is 10.7. The molecule has 3 nitrogen and oxygen atoms in total. The zero-order chi connectivity index (χ0) is 15.9. The van der Waals surface area contributed by atoms with E-state index in [4.69, 9.17) is 9.47 Å². The summed E-state index contributed by atoms with van der Waals surface area (Å²) in [6.07, 6.45) is 0.888. The highest BCUT2D eigenvalue weighted by Gasteiger charge is 2.14. The van der Waals surface area contributed by atoms with Crippen LogP contribution >= 0.6 is 0 Å². The topological polar surface area (TPSA) is 35.5 Å². The molecule has 0 saturated heterocycles. The Hall–Kier alpha value is -2.29. The second-order valence-electron chi connectivity index (χ2n) is 5.12. The molecule has 116 valence electrons. The molecule has 2 aromatic carbocycles. The molecule has 0 radical (unpaired) electrons. The first kappa shape index (κ1) is 16.1. The van der Waals surface area contributed by atoms with Gasteiger partial charge in [0.25, 0.3) is 0 Å². The van der Waals surface area contributed by atoms with Crippen LogP contribution in [0.2, 0.25) is 0 Å². The molecule has 0 fully saturated rings. The Morgan fingerprint density at radius 2 is 1.73 bits per heavy atom. The van der Waals surface area contributed by atoms with E-state index in [0.29, 0.717) is 12.2 Å². The summed E-state index contributed by atoms with van der Waals surface area (Å²) in [7, 11) is 0. The van der Waals surface area contributed by atoms with Crippen molar-refractivity contribution in [2.24, 2.45) is 0 Å². The lowest BCUT2D eigenvalue weighted by Crippen LogP contribution is -2.08. The second-order valence-corrected chi connectivity index (χ2v) is 5.12. The van der Waals surface area contributed by atoms with Crippen LogP contribution in [-0.2, 0) is 4.74 Å². The molecule has 0 saturated carbocycles. The van der Waals surface area contributed by atoms with Crippen LogP contribution in [0.15, 0.2) is 48.5 Å². The lowest BCUT2D eigenvalue weighted by atomic mass is 10.0. The Kier molecular flexibility index (Phi) is 5.59. The van der Waals surface area contributed by atoms with Crippen LogP contribution in [0.5, 0.6) is 5.75 Å². The van der Waals surface area contributed by atoms with Crippen molar-refractivity contribution in [1.29, 1.82) is 0 Å². The summed E-state index contributed by atoms with van der Waals surface area (Å²) in [5.74, 6) is 0.447. The van der Waals surface area contributed by atoms with Crippen molar-refractivity contribution in [1.82, 2.24) is 0 Å². The van der Waals surface area contributed by atoms with Crippen molar-refractivity contribution in [3.63, 3.8) is 0 Å². The molecule has 3 heteroatoms. The van der Waals surface area contributed by atoms with Gasteiger partial charge in [-0.1, -0.05) is 31.2 Å². The molecule has 0 aliphatic rings. The molecule has 0 aliphatic carbocycles. The van der Waals surface area contributed by atoms with E-state index in [9.17, 15) is 4.79 Å². The van der Waals surface area contributed by atoms with Gasteiger partial charge in [0, 0.05) is 0 Å². The Labute approximate surface area is 131 Å². The van der Waals surface area contributed by atoms with Gasteiger partial charge in [0.2, 0.25) is 0 Å². The minimum atomic E-state index is -0.306. The zero-order valence-corrected chi connectivity index (χ0v) is 13.3. The number of carbonyl (C=O) groups is 1. The van der Waals surface area contributed by atoms with E-state index >= 15 is 0 Å². The number of benzene rings is 2. The third kappa shape index (κ3) is 3.88. The fourth-order valence-electron chi connectivity index (χ4n) is 2.36. The monoisotopic (exact) mass is 298 g/mol. The highest BCUT2D eigenvalue weighted by molar-refractivity contribution is 5.89. The van der Waals surface area contributed by atoms with Crippen LogP contribution in [-0.4, -0.2) is 12.6 Å². The molecule has 2 aromatic rings. The molecule has 0 heterocycles. The van der Waals surface area contributed by atoms with E-state index in [2.05, 4.69) is 26.0 Å². The van der Waals surface area contributed by atoms with Gasteiger partial charge >= 0.3 is 5.97 Å². The van der Waals surface area contributed by atoms with Crippen LogP contribution in [0.25, 0.3) is 0 Å². The first-order valence-electron chi connectivity index (χ1n) is 7.65. The predicted octanol–water partition coefficient (Wildman–Crippen LogP) is 4.70. The Morgan fingerprint density at radius 3 is 2.32 bits per heavy atom. The van der Waals surface area contributed by atoms with Gasteiger partial charge in [-0.05, 0) is 55.7 Å². The molecule has 0 aliphatic heterocycles. The van der Waals surface area contributed by atoms with Crippen molar-refractivity contribution in [2.45, 2.75) is 33.3 Å². The highest BCUT2D eigenvalue weighted by atomic mass is 16.5. The average Bonchev–Trinajstić information content (AvgIpc) is 2.54. The minimum Gasteiger partial charge on any atom is -0.486 e. The van der Waals surface area contributed by atoms with Gasteiger partial charge in [0.15, 0.2) is 0 Å². The average molecular weight is 298 g/mol. The van der Waals surface area contributed by atoms with Gasteiger partial charge in [0.05, 0.1) is 12.2 Å². The summed E-state index contributed by atoms with van der Waals surface area (Å²) in [6.45, 7) is 6.36. The quantitative estimate of drug-likeness (QED) is 0.725. The zero-order valence-electron chi connectivity index (χ0n) is 13.3. The van der Waals surface area contributed by atoms with Crippen LogP contribution < -0.4 is 4.74 Å². The van der Waals surface area contributed by atoms with E-state index in [1.54, 1.807) is 19.1 Å². The highest BCUT2D eigenvalue weighted by Crippen LogP contribution is 2.27. The number of esters is 1. The predicted molar refractivity (Wildman–Crippen MR) is 87.2 cm³/mol. The summed E-state index contributed by atoms with van der Waals surface area (Å²) in [5, 5.41) is 0. The van der Waals surface area contributed by atoms with Gasteiger partial charge < -0.3 is 9.47 Å². The number of aryl methyl sites for hydroxylation is 1. The smallest absolute Gasteiger partial charge is 0.338 e. The van der Waals surface area contributed by atoms with E-state index in [1.165, 1.54) is 11.1 Å².